The quantitative estimate of drug-likeness (QED) is 0.932. The Labute approximate surface area is 148 Å². The molecule has 4 rings (SSSR count). The Balaban J connectivity index is 1.58. The van der Waals surface area contributed by atoms with Gasteiger partial charge in [0.2, 0.25) is 5.91 Å². The number of likely N-dealkylation sites (tertiary alicyclic amines) is 1. The predicted octanol–water partition coefficient (Wildman–Crippen LogP) is 2.73. The number of carbonyl (C=O) groups is 1. The lowest BCUT2D eigenvalue weighted by Gasteiger charge is -2.24. The molecule has 2 N–H and O–H groups in total. The third-order valence-electron chi connectivity index (χ3n) is 5.67. The molecule has 0 spiro atoms. The van der Waals surface area contributed by atoms with E-state index in [2.05, 4.69) is 22.6 Å². The van der Waals surface area contributed by atoms with Crippen LogP contribution >= 0.6 is 0 Å². The Bertz CT molecular complexity index is 795. The molecule has 2 heterocycles. The summed E-state index contributed by atoms with van der Waals surface area (Å²) in [5.41, 5.74) is 9.89. The van der Waals surface area contributed by atoms with Crippen LogP contribution in [0.4, 0.5) is 0 Å². The van der Waals surface area contributed by atoms with Crippen molar-refractivity contribution in [2.75, 3.05) is 6.54 Å². The average Bonchev–Trinajstić information content (AvgIpc) is 3.20. The lowest BCUT2D eigenvalue weighted by molar-refractivity contribution is 0.1000. The Hall–Kier alpha value is -2.14. The fraction of sp³-hybridized carbons (Fsp3) is 0.500. The molecule has 1 amide bonds. The molecule has 132 valence electrons. The number of nitrogens with two attached hydrogens (primary N) is 1. The Morgan fingerprint density at radius 2 is 2.12 bits per heavy atom. The maximum Gasteiger partial charge on any atom is 0.248 e. The molecule has 5 nitrogen and oxygen atoms in total. The summed E-state index contributed by atoms with van der Waals surface area (Å²) < 4.78 is 2.34. The molecule has 5 heteroatoms. The molecular formula is C20H26N4O. The second-order valence-electron chi connectivity index (χ2n) is 7.32. The predicted molar refractivity (Wildman–Crippen MR) is 97.2 cm³/mol. The van der Waals surface area contributed by atoms with Crippen molar-refractivity contribution in [3.8, 4) is 0 Å². The fourth-order valence-corrected chi connectivity index (χ4v) is 4.37. The number of imidazole rings is 1. The van der Waals surface area contributed by atoms with E-state index in [0.717, 1.165) is 37.9 Å². The van der Waals surface area contributed by atoms with Gasteiger partial charge in [0, 0.05) is 24.8 Å². The summed E-state index contributed by atoms with van der Waals surface area (Å²) >= 11 is 0. The first-order chi connectivity index (χ1) is 12.1. The van der Waals surface area contributed by atoms with Gasteiger partial charge in [-0.1, -0.05) is 12.1 Å². The van der Waals surface area contributed by atoms with Crippen molar-refractivity contribution in [1.29, 1.82) is 0 Å². The van der Waals surface area contributed by atoms with Gasteiger partial charge in [-0.05, 0) is 62.8 Å². The van der Waals surface area contributed by atoms with E-state index in [0.29, 0.717) is 11.6 Å². The van der Waals surface area contributed by atoms with E-state index >= 15 is 0 Å². The minimum absolute atomic E-state index is 0.364. The van der Waals surface area contributed by atoms with Crippen molar-refractivity contribution in [2.45, 2.75) is 51.1 Å². The molecule has 25 heavy (non-hydrogen) atoms. The number of aryl methyl sites for hydroxylation is 1. The van der Waals surface area contributed by atoms with E-state index in [1.807, 2.05) is 12.1 Å². The number of rotatable bonds is 4. The van der Waals surface area contributed by atoms with E-state index in [9.17, 15) is 4.79 Å². The maximum atomic E-state index is 11.4. The largest absolute Gasteiger partial charge is 0.366 e. The molecule has 0 saturated carbocycles. The number of aromatic nitrogens is 2. The summed E-state index contributed by atoms with van der Waals surface area (Å²) in [6.07, 6.45) is 7.16. The highest BCUT2D eigenvalue weighted by molar-refractivity contribution is 5.92. The smallest absolute Gasteiger partial charge is 0.248 e. The number of primary amides is 1. The second kappa shape index (κ2) is 6.64. The summed E-state index contributed by atoms with van der Waals surface area (Å²) in [7, 11) is 2.18. The first kappa shape index (κ1) is 16.3. The van der Waals surface area contributed by atoms with E-state index in [1.54, 1.807) is 6.07 Å². The van der Waals surface area contributed by atoms with Gasteiger partial charge < -0.3 is 10.3 Å². The van der Waals surface area contributed by atoms with Crippen LogP contribution in [0.5, 0.6) is 0 Å². The first-order valence-electron chi connectivity index (χ1n) is 9.30. The molecule has 1 aromatic heterocycles. The Morgan fingerprint density at radius 3 is 2.92 bits per heavy atom. The molecule has 2 aromatic rings. The summed E-state index contributed by atoms with van der Waals surface area (Å²) in [6, 6.07) is 8.06. The van der Waals surface area contributed by atoms with E-state index < -0.39 is 0 Å². The third-order valence-corrected chi connectivity index (χ3v) is 5.67. The first-order valence-corrected chi connectivity index (χ1v) is 9.30. The molecule has 2 aliphatic rings. The number of benzene rings is 1. The molecule has 1 aliphatic carbocycles. The van der Waals surface area contributed by atoms with Gasteiger partial charge in [-0.25, -0.2) is 4.98 Å². The fourth-order valence-electron chi connectivity index (χ4n) is 4.37. The van der Waals surface area contributed by atoms with Crippen LogP contribution in [0, 0.1) is 0 Å². The summed E-state index contributed by atoms with van der Waals surface area (Å²) in [4.78, 5) is 18.9. The molecule has 1 fully saturated rings. The van der Waals surface area contributed by atoms with Gasteiger partial charge in [-0.2, -0.15) is 0 Å². The van der Waals surface area contributed by atoms with Gasteiger partial charge in [0.25, 0.3) is 0 Å². The lowest BCUT2D eigenvalue weighted by atomic mass is 10.0. The van der Waals surface area contributed by atoms with Crippen LogP contribution < -0.4 is 5.73 Å². The molecule has 0 radical (unpaired) electrons. The summed E-state index contributed by atoms with van der Waals surface area (Å²) in [6.45, 7) is 1.91. The minimum atomic E-state index is -0.364. The summed E-state index contributed by atoms with van der Waals surface area (Å²) in [5.74, 6) is 0.854. The lowest BCUT2D eigenvalue weighted by Crippen LogP contribution is -2.25. The second-order valence-corrected chi connectivity index (χ2v) is 7.32. The van der Waals surface area contributed by atoms with Crippen LogP contribution in [0.25, 0.3) is 0 Å². The SMILES string of the molecule is Cn1c(C2CCCN2Cc2cccc(C(N)=O)c2)nc2c1CCCC2. The molecule has 0 bridgehead atoms. The number of fused-ring (bicyclic) bond motifs is 1. The van der Waals surface area contributed by atoms with Gasteiger partial charge in [0.05, 0.1) is 11.7 Å². The van der Waals surface area contributed by atoms with Gasteiger partial charge >= 0.3 is 0 Å². The molecule has 1 aromatic carbocycles. The van der Waals surface area contributed by atoms with Crippen LogP contribution in [-0.2, 0) is 26.4 Å². The standard InChI is InChI=1S/C20H26N4O/c1-23-17-9-3-2-8-16(17)22-20(23)18-10-5-11-24(18)13-14-6-4-7-15(12-14)19(21)25/h4,6-7,12,18H,2-3,5,8-11,13H2,1H3,(H2,21,25). The summed E-state index contributed by atoms with van der Waals surface area (Å²) in [5, 5.41) is 0. The molecule has 1 atom stereocenters. The normalized spacial score (nSPS) is 20.6. The molecule has 1 saturated heterocycles. The number of nitrogens with zero attached hydrogens (tertiary/aromatic N) is 3. The van der Waals surface area contributed by atoms with Crippen molar-refractivity contribution in [1.82, 2.24) is 14.5 Å². The zero-order valence-corrected chi connectivity index (χ0v) is 14.9. The van der Waals surface area contributed by atoms with Crippen molar-refractivity contribution in [3.05, 3.63) is 52.6 Å². The van der Waals surface area contributed by atoms with Crippen molar-refractivity contribution in [2.24, 2.45) is 12.8 Å². The average molecular weight is 338 g/mol. The number of carbonyl (C=O) groups excluding carboxylic acids is 1. The number of hydrogen-bond acceptors (Lipinski definition) is 3. The van der Waals surface area contributed by atoms with E-state index in [1.165, 1.54) is 36.5 Å². The van der Waals surface area contributed by atoms with Crippen LogP contribution in [-0.4, -0.2) is 26.9 Å². The van der Waals surface area contributed by atoms with E-state index in [-0.39, 0.29) is 5.91 Å². The van der Waals surface area contributed by atoms with Crippen LogP contribution in [0.3, 0.4) is 0 Å². The molecular weight excluding hydrogens is 312 g/mol. The highest BCUT2D eigenvalue weighted by Gasteiger charge is 2.31. The van der Waals surface area contributed by atoms with Crippen molar-refractivity contribution < 1.29 is 4.79 Å². The number of hydrogen-bond donors (Lipinski definition) is 1. The van der Waals surface area contributed by atoms with Crippen LogP contribution in [0.1, 0.15) is 64.9 Å². The Morgan fingerprint density at radius 1 is 1.28 bits per heavy atom. The van der Waals surface area contributed by atoms with Gasteiger partial charge in [-0.15, -0.1) is 0 Å². The monoisotopic (exact) mass is 338 g/mol. The zero-order valence-electron chi connectivity index (χ0n) is 14.9. The highest BCUT2D eigenvalue weighted by atomic mass is 16.1. The highest BCUT2D eigenvalue weighted by Crippen LogP contribution is 2.34. The molecule has 1 aliphatic heterocycles. The number of amides is 1. The third kappa shape index (κ3) is 3.09. The minimum Gasteiger partial charge on any atom is -0.366 e. The molecule has 1 unspecified atom stereocenters. The van der Waals surface area contributed by atoms with Gasteiger partial charge in [0.15, 0.2) is 0 Å². The topological polar surface area (TPSA) is 64.2 Å². The van der Waals surface area contributed by atoms with Crippen molar-refractivity contribution >= 4 is 5.91 Å². The Kier molecular flexibility index (Phi) is 4.34. The maximum absolute atomic E-state index is 11.4. The van der Waals surface area contributed by atoms with Gasteiger partial charge in [-0.3, -0.25) is 9.69 Å². The van der Waals surface area contributed by atoms with Crippen molar-refractivity contribution in [3.63, 3.8) is 0 Å². The van der Waals surface area contributed by atoms with Crippen LogP contribution in [0.15, 0.2) is 24.3 Å². The van der Waals surface area contributed by atoms with E-state index in [4.69, 9.17) is 10.7 Å². The van der Waals surface area contributed by atoms with Crippen LogP contribution in [0.2, 0.25) is 0 Å². The van der Waals surface area contributed by atoms with Gasteiger partial charge in [0.1, 0.15) is 5.82 Å². The zero-order chi connectivity index (χ0) is 17.4.